The Bertz CT molecular complexity index is 847. The molecule has 0 saturated carbocycles. The minimum atomic E-state index is -0.447. The van der Waals surface area contributed by atoms with Crippen molar-refractivity contribution in [2.45, 2.75) is 6.42 Å². The fourth-order valence-corrected chi connectivity index (χ4v) is 2.08. The van der Waals surface area contributed by atoms with Gasteiger partial charge in [0.25, 0.3) is 11.8 Å². The van der Waals surface area contributed by atoms with E-state index in [1.165, 1.54) is 30.3 Å². The van der Waals surface area contributed by atoms with Crippen LogP contribution in [0.15, 0.2) is 52.9 Å². The summed E-state index contributed by atoms with van der Waals surface area (Å²) in [5.41, 5.74) is 0.584. The molecule has 7 heteroatoms. The van der Waals surface area contributed by atoms with E-state index in [9.17, 15) is 13.6 Å². The van der Waals surface area contributed by atoms with Gasteiger partial charge in [0.2, 0.25) is 5.89 Å². The van der Waals surface area contributed by atoms with Crippen molar-refractivity contribution >= 4 is 5.91 Å². The van der Waals surface area contributed by atoms with Crippen LogP contribution in [0.1, 0.15) is 16.2 Å². The van der Waals surface area contributed by atoms with Gasteiger partial charge in [0.15, 0.2) is 0 Å². The van der Waals surface area contributed by atoms with Crippen LogP contribution in [0.5, 0.6) is 0 Å². The molecule has 0 unspecified atom stereocenters. The summed E-state index contributed by atoms with van der Waals surface area (Å²) in [4.78, 5) is 11.9. The molecule has 0 fully saturated rings. The van der Waals surface area contributed by atoms with Crippen LogP contribution < -0.4 is 5.32 Å². The van der Waals surface area contributed by atoms with Gasteiger partial charge in [-0.3, -0.25) is 4.79 Å². The lowest BCUT2D eigenvalue weighted by Gasteiger charge is -2.03. The van der Waals surface area contributed by atoms with Crippen molar-refractivity contribution < 1.29 is 18.0 Å². The van der Waals surface area contributed by atoms with Crippen molar-refractivity contribution in [2.75, 3.05) is 6.54 Å². The van der Waals surface area contributed by atoms with Crippen molar-refractivity contribution in [2.24, 2.45) is 0 Å². The van der Waals surface area contributed by atoms with Gasteiger partial charge in [-0.25, -0.2) is 8.78 Å². The molecule has 24 heavy (non-hydrogen) atoms. The first-order valence-electron chi connectivity index (χ1n) is 7.24. The number of rotatable bonds is 5. The van der Waals surface area contributed by atoms with Crippen LogP contribution in [-0.2, 0) is 6.42 Å². The van der Waals surface area contributed by atoms with Gasteiger partial charge in [0, 0.05) is 18.5 Å². The van der Waals surface area contributed by atoms with Crippen LogP contribution in [0, 0.1) is 11.6 Å². The van der Waals surface area contributed by atoms with Crippen molar-refractivity contribution in [3.8, 4) is 11.5 Å². The minimum absolute atomic E-state index is 0.0907. The molecule has 0 radical (unpaired) electrons. The summed E-state index contributed by atoms with van der Waals surface area (Å²) < 4.78 is 31.8. The minimum Gasteiger partial charge on any atom is -0.421 e. The largest absolute Gasteiger partial charge is 0.421 e. The number of hydrogen-bond donors (Lipinski definition) is 1. The highest BCUT2D eigenvalue weighted by molar-refractivity contribution is 5.94. The highest BCUT2D eigenvalue weighted by Gasteiger charge is 2.12. The third kappa shape index (κ3) is 3.62. The topological polar surface area (TPSA) is 68.0 Å². The summed E-state index contributed by atoms with van der Waals surface area (Å²) in [5, 5.41) is 10.3. The van der Waals surface area contributed by atoms with Gasteiger partial charge in [0.05, 0.1) is 5.56 Å². The lowest BCUT2D eigenvalue weighted by molar-refractivity contribution is 0.0953. The van der Waals surface area contributed by atoms with Crippen LogP contribution in [0.2, 0.25) is 0 Å². The molecule has 0 aliphatic carbocycles. The first-order chi connectivity index (χ1) is 11.6. The van der Waals surface area contributed by atoms with Crippen LogP contribution in [0.25, 0.3) is 11.5 Å². The van der Waals surface area contributed by atoms with Gasteiger partial charge >= 0.3 is 0 Å². The molecule has 3 rings (SSSR count). The Morgan fingerprint density at radius 3 is 2.54 bits per heavy atom. The van der Waals surface area contributed by atoms with E-state index in [-0.39, 0.29) is 29.8 Å². The standard InChI is InChI=1S/C17H13F2N3O2/c18-12-7-5-11(6-8-12)16(23)20-10-9-15-21-22-17(24-15)13-3-1-2-4-14(13)19/h1-8H,9-10H2,(H,20,23). The summed E-state index contributed by atoms with van der Waals surface area (Å²) >= 11 is 0. The van der Waals surface area contributed by atoms with Gasteiger partial charge < -0.3 is 9.73 Å². The normalized spacial score (nSPS) is 10.6. The molecule has 0 aliphatic rings. The second kappa shape index (κ2) is 6.99. The summed E-state index contributed by atoms with van der Waals surface area (Å²) in [7, 11) is 0. The maximum atomic E-state index is 13.6. The van der Waals surface area contributed by atoms with E-state index in [2.05, 4.69) is 15.5 Å². The molecule has 0 bridgehead atoms. The van der Waals surface area contributed by atoms with Crippen LogP contribution >= 0.6 is 0 Å². The van der Waals surface area contributed by atoms with E-state index in [0.717, 1.165) is 0 Å². The Balaban J connectivity index is 1.57. The quantitative estimate of drug-likeness (QED) is 0.781. The van der Waals surface area contributed by atoms with Gasteiger partial charge in [0.1, 0.15) is 11.6 Å². The van der Waals surface area contributed by atoms with E-state index in [4.69, 9.17) is 4.42 Å². The van der Waals surface area contributed by atoms with E-state index in [1.807, 2.05) is 0 Å². The molecule has 0 saturated heterocycles. The molecule has 0 aliphatic heterocycles. The number of carbonyl (C=O) groups is 1. The molecular weight excluding hydrogens is 316 g/mol. The van der Waals surface area contributed by atoms with E-state index >= 15 is 0 Å². The molecule has 0 spiro atoms. The summed E-state index contributed by atoms with van der Waals surface area (Å²) in [6.45, 7) is 0.259. The van der Waals surface area contributed by atoms with Gasteiger partial charge in [-0.1, -0.05) is 12.1 Å². The van der Waals surface area contributed by atoms with Crippen molar-refractivity contribution in [1.29, 1.82) is 0 Å². The fraction of sp³-hybridized carbons (Fsp3) is 0.118. The lowest BCUT2D eigenvalue weighted by Crippen LogP contribution is -2.25. The average molecular weight is 329 g/mol. The number of hydrogen-bond acceptors (Lipinski definition) is 4. The molecular formula is C17H13F2N3O2. The molecule has 0 atom stereocenters. The Hall–Kier alpha value is -3.09. The van der Waals surface area contributed by atoms with E-state index < -0.39 is 11.6 Å². The zero-order valence-electron chi connectivity index (χ0n) is 12.5. The number of aromatic nitrogens is 2. The van der Waals surface area contributed by atoms with Crippen molar-refractivity contribution in [3.05, 3.63) is 71.6 Å². The molecule has 3 aromatic rings. The predicted octanol–water partition coefficient (Wildman–Crippen LogP) is 2.99. The van der Waals surface area contributed by atoms with Crippen molar-refractivity contribution in [3.63, 3.8) is 0 Å². The first-order valence-corrected chi connectivity index (χ1v) is 7.24. The molecule has 1 heterocycles. The maximum absolute atomic E-state index is 13.6. The highest BCUT2D eigenvalue weighted by Crippen LogP contribution is 2.20. The van der Waals surface area contributed by atoms with Gasteiger partial charge in [-0.15, -0.1) is 10.2 Å². The number of nitrogens with one attached hydrogen (secondary N) is 1. The number of halogens is 2. The van der Waals surface area contributed by atoms with E-state index in [0.29, 0.717) is 12.0 Å². The zero-order chi connectivity index (χ0) is 16.9. The molecule has 122 valence electrons. The van der Waals surface area contributed by atoms with Crippen LogP contribution in [0.3, 0.4) is 0 Å². The predicted molar refractivity (Wildman–Crippen MR) is 82.1 cm³/mol. The zero-order valence-corrected chi connectivity index (χ0v) is 12.5. The molecule has 1 N–H and O–H groups in total. The number of carbonyl (C=O) groups excluding carboxylic acids is 1. The van der Waals surface area contributed by atoms with E-state index in [1.54, 1.807) is 18.2 Å². The second-order valence-electron chi connectivity index (χ2n) is 4.99. The van der Waals surface area contributed by atoms with Gasteiger partial charge in [-0.05, 0) is 36.4 Å². The maximum Gasteiger partial charge on any atom is 0.251 e. The highest BCUT2D eigenvalue weighted by atomic mass is 19.1. The smallest absolute Gasteiger partial charge is 0.251 e. The molecule has 2 aromatic carbocycles. The fourth-order valence-electron chi connectivity index (χ4n) is 2.08. The third-order valence-corrected chi connectivity index (χ3v) is 3.30. The number of benzene rings is 2. The lowest BCUT2D eigenvalue weighted by atomic mass is 10.2. The molecule has 1 aromatic heterocycles. The summed E-state index contributed by atoms with van der Waals surface area (Å²) in [6, 6.07) is 11.3. The number of amides is 1. The second-order valence-corrected chi connectivity index (χ2v) is 4.99. The van der Waals surface area contributed by atoms with Crippen molar-refractivity contribution in [1.82, 2.24) is 15.5 Å². The van der Waals surface area contributed by atoms with Gasteiger partial charge in [-0.2, -0.15) is 0 Å². The Morgan fingerprint density at radius 2 is 1.79 bits per heavy atom. The SMILES string of the molecule is O=C(NCCc1nnc(-c2ccccc2F)o1)c1ccc(F)cc1. The number of nitrogens with zero attached hydrogens (tertiary/aromatic N) is 2. The van der Waals surface area contributed by atoms with Crippen LogP contribution in [-0.4, -0.2) is 22.6 Å². The summed E-state index contributed by atoms with van der Waals surface area (Å²) in [5.74, 6) is -0.806. The summed E-state index contributed by atoms with van der Waals surface area (Å²) in [6.07, 6.45) is 0.300. The Morgan fingerprint density at radius 1 is 1.04 bits per heavy atom. The molecule has 1 amide bonds. The van der Waals surface area contributed by atoms with Crippen LogP contribution in [0.4, 0.5) is 8.78 Å². The molecule has 5 nitrogen and oxygen atoms in total. The monoisotopic (exact) mass is 329 g/mol. The first kappa shape index (κ1) is 15.8. The third-order valence-electron chi connectivity index (χ3n) is 3.30. The Labute approximate surface area is 136 Å². The Kier molecular flexibility index (Phi) is 4.60. The average Bonchev–Trinajstić information content (AvgIpc) is 3.04.